The number of thiophene rings is 1. The minimum atomic E-state index is 0.379. The Morgan fingerprint density at radius 1 is 1.32 bits per heavy atom. The molecule has 0 fully saturated rings. The van der Waals surface area contributed by atoms with Gasteiger partial charge in [-0.05, 0) is 38.9 Å². The van der Waals surface area contributed by atoms with Gasteiger partial charge in [-0.1, -0.05) is 32.6 Å². The van der Waals surface area contributed by atoms with Gasteiger partial charge in [0.1, 0.15) is 0 Å². The Balaban J connectivity index is 2.27. The molecule has 1 aromatic rings. The second-order valence-electron chi connectivity index (χ2n) is 5.30. The third-order valence-electron chi connectivity index (χ3n) is 3.41. The van der Waals surface area contributed by atoms with Crippen molar-refractivity contribution >= 4 is 11.3 Å². The molecule has 0 aliphatic rings. The van der Waals surface area contributed by atoms with Crippen molar-refractivity contribution in [2.24, 2.45) is 0 Å². The van der Waals surface area contributed by atoms with E-state index < -0.39 is 0 Å². The van der Waals surface area contributed by atoms with E-state index in [2.05, 4.69) is 32.2 Å². The summed E-state index contributed by atoms with van der Waals surface area (Å²) in [5, 5.41) is 3.20. The molecular formula is C16H29NOS. The molecule has 0 bridgehead atoms. The van der Waals surface area contributed by atoms with Crippen LogP contribution in [0.5, 0.6) is 0 Å². The summed E-state index contributed by atoms with van der Waals surface area (Å²) < 4.78 is 5.97. The minimum Gasteiger partial charge on any atom is -0.374 e. The van der Waals surface area contributed by atoms with Crippen LogP contribution in [0, 0.1) is 6.92 Å². The molecule has 1 aromatic heterocycles. The number of aryl methyl sites for hydroxylation is 1. The standard InChI is InChI=1S/C16H29NOS/c1-5-6-7-8-9-13(2)18-12-15-10-16(11-17-4)19-14(15)3/h10,13,17H,5-9,11-12H2,1-4H3. The molecule has 1 unspecified atom stereocenters. The Labute approximate surface area is 122 Å². The van der Waals surface area contributed by atoms with Crippen molar-refractivity contribution in [1.29, 1.82) is 0 Å². The molecule has 0 radical (unpaired) electrons. The first-order chi connectivity index (χ1) is 9.17. The molecule has 19 heavy (non-hydrogen) atoms. The van der Waals surface area contributed by atoms with Crippen LogP contribution < -0.4 is 5.32 Å². The zero-order valence-electron chi connectivity index (χ0n) is 12.9. The summed E-state index contributed by atoms with van der Waals surface area (Å²) in [4.78, 5) is 2.79. The number of ether oxygens (including phenoxy) is 1. The Morgan fingerprint density at radius 2 is 2.11 bits per heavy atom. The molecular weight excluding hydrogens is 254 g/mol. The summed E-state index contributed by atoms with van der Waals surface area (Å²) in [6.45, 7) is 8.36. The maximum Gasteiger partial charge on any atom is 0.0731 e. The van der Waals surface area contributed by atoms with Gasteiger partial charge in [0.25, 0.3) is 0 Å². The summed E-state index contributed by atoms with van der Waals surface area (Å²) in [5.74, 6) is 0. The Bertz CT molecular complexity index is 349. The van der Waals surface area contributed by atoms with Gasteiger partial charge >= 0.3 is 0 Å². The lowest BCUT2D eigenvalue weighted by molar-refractivity contribution is 0.0458. The van der Waals surface area contributed by atoms with Crippen LogP contribution in [-0.4, -0.2) is 13.2 Å². The first-order valence-corrected chi connectivity index (χ1v) is 8.33. The highest BCUT2D eigenvalue weighted by Gasteiger charge is 2.08. The quantitative estimate of drug-likeness (QED) is 0.631. The van der Waals surface area contributed by atoms with E-state index in [0.29, 0.717) is 6.10 Å². The Hall–Kier alpha value is -0.380. The monoisotopic (exact) mass is 283 g/mol. The second kappa shape index (κ2) is 9.51. The van der Waals surface area contributed by atoms with Crippen molar-refractivity contribution in [2.45, 2.75) is 72.1 Å². The third kappa shape index (κ3) is 6.55. The molecule has 2 nitrogen and oxygen atoms in total. The van der Waals surface area contributed by atoms with Crippen LogP contribution in [0.1, 0.15) is 61.3 Å². The van der Waals surface area contributed by atoms with Crippen LogP contribution in [-0.2, 0) is 17.9 Å². The summed E-state index contributed by atoms with van der Waals surface area (Å²) in [6.07, 6.45) is 6.86. The molecule has 110 valence electrons. The maximum atomic E-state index is 5.97. The summed E-state index contributed by atoms with van der Waals surface area (Å²) in [7, 11) is 1.99. The molecule has 1 heterocycles. The third-order valence-corrected chi connectivity index (χ3v) is 4.50. The number of hydrogen-bond acceptors (Lipinski definition) is 3. The average molecular weight is 283 g/mol. The Morgan fingerprint density at radius 3 is 2.79 bits per heavy atom. The lowest BCUT2D eigenvalue weighted by atomic mass is 10.1. The van der Waals surface area contributed by atoms with Crippen molar-refractivity contribution in [3.05, 3.63) is 21.4 Å². The van der Waals surface area contributed by atoms with Gasteiger partial charge in [0.15, 0.2) is 0 Å². The molecule has 3 heteroatoms. The number of nitrogens with one attached hydrogen (secondary N) is 1. The predicted octanol–water partition coefficient (Wildman–Crippen LogP) is 4.65. The zero-order valence-corrected chi connectivity index (χ0v) is 13.7. The van der Waals surface area contributed by atoms with E-state index in [-0.39, 0.29) is 0 Å². The zero-order chi connectivity index (χ0) is 14.1. The van der Waals surface area contributed by atoms with Crippen LogP contribution in [0.25, 0.3) is 0 Å². The molecule has 0 aliphatic heterocycles. The van der Waals surface area contributed by atoms with Gasteiger partial charge in [-0.15, -0.1) is 11.3 Å². The molecule has 0 aromatic carbocycles. The van der Waals surface area contributed by atoms with Crippen LogP contribution in [0.4, 0.5) is 0 Å². The average Bonchev–Trinajstić information content (AvgIpc) is 2.73. The number of unbranched alkanes of at least 4 members (excludes halogenated alkanes) is 3. The fourth-order valence-electron chi connectivity index (χ4n) is 2.17. The van der Waals surface area contributed by atoms with Gasteiger partial charge in [-0.3, -0.25) is 0 Å². The van der Waals surface area contributed by atoms with Gasteiger partial charge in [-0.25, -0.2) is 0 Å². The minimum absolute atomic E-state index is 0.379. The highest BCUT2D eigenvalue weighted by atomic mass is 32.1. The fraction of sp³-hybridized carbons (Fsp3) is 0.750. The van der Waals surface area contributed by atoms with Crippen molar-refractivity contribution in [2.75, 3.05) is 7.05 Å². The normalized spacial score (nSPS) is 12.8. The number of hydrogen-bond donors (Lipinski definition) is 1. The van der Waals surface area contributed by atoms with Gasteiger partial charge in [0, 0.05) is 16.3 Å². The molecule has 0 saturated carbocycles. The highest BCUT2D eigenvalue weighted by Crippen LogP contribution is 2.23. The maximum absolute atomic E-state index is 5.97. The van der Waals surface area contributed by atoms with Crippen LogP contribution >= 0.6 is 11.3 Å². The van der Waals surface area contributed by atoms with Gasteiger partial charge in [-0.2, -0.15) is 0 Å². The van der Waals surface area contributed by atoms with E-state index >= 15 is 0 Å². The van der Waals surface area contributed by atoms with Crippen molar-refractivity contribution in [3.63, 3.8) is 0 Å². The van der Waals surface area contributed by atoms with Gasteiger partial charge in [0.2, 0.25) is 0 Å². The SMILES string of the molecule is CCCCCCC(C)OCc1cc(CNC)sc1C. The van der Waals surface area contributed by atoms with Crippen molar-refractivity contribution in [1.82, 2.24) is 5.32 Å². The topological polar surface area (TPSA) is 21.3 Å². The Kier molecular flexibility index (Phi) is 8.35. The smallest absolute Gasteiger partial charge is 0.0731 e. The van der Waals surface area contributed by atoms with E-state index in [1.165, 1.54) is 47.4 Å². The molecule has 0 aliphatic carbocycles. The molecule has 0 saturated heterocycles. The molecule has 1 N–H and O–H groups in total. The van der Waals surface area contributed by atoms with E-state index in [0.717, 1.165) is 13.2 Å². The predicted molar refractivity (Wildman–Crippen MR) is 84.8 cm³/mol. The summed E-state index contributed by atoms with van der Waals surface area (Å²) in [6, 6.07) is 2.28. The van der Waals surface area contributed by atoms with E-state index in [4.69, 9.17) is 4.74 Å². The fourth-order valence-corrected chi connectivity index (χ4v) is 3.23. The van der Waals surface area contributed by atoms with E-state index in [1.807, 2.05) is 18.4 Å². The van der Waals surface area contributed by atoms with Crippen molar-refractivity contribution < 1.29 is 4.74 Å². The van der Waals surface area contributed by atoms with Gasteiger partial charge < -0.3 is 10.1 Å². The first-order valence-electron chi connectivity index (χ1n) is 7.51. The molecule has 1 atom stereocenters. The lowest BCUT2D eigenvalue weighted by Gasteiger charge is -2.12. The van der Waals surface area contributed by atoms with E-state index in [1.54, 1.807) is 0 Å². The molecule has 0 spiro atoms. The highest BCUT2D eigenvalue weighted by molar-refractivity contribution is 7.12. The largest absolute Gasteiger partial charge is 0.374 e. The first kappa shape index (κ1) is 16.7. The molecule has 1 rings (SSSR count). The van der Waals surface area contributed by atoms with Gasteiger partial charge in [0.05, 0.1) is 12.7 Å². The van der Waals surface area contributed by atoms with Crippen LogP contribution in [0.3, 0.4) is 0 Å². The van der Waals surface area contributed by atoms with Crippen LogP contribution in [0.2, 0.25) is 0 Å². The summed E-state index contributed by atoms with van der Waals surface area (Å²) in [5.41, 5.74) is 1.36. The van der Waals surface area contributed by atoms with Crippen LogP contribution in [0.15, 0.2) is 6.07 Å². The lowest BCUT2D eigenvalue weighted by Crippen LogP contribution is -2.08. The van der Waals surface area contributed by atoms with E-state index in [9.17, 15) is 0 Å². The van der Waals surface area contributed by atoms with Crippen molar-refractivity contribution in [3.8, 4) is 0 Å². The summed E-state index contributed by atoms with van der Waals surface area (Å²) >= 11 is 1.87. The number of rotatable bonds is 10. The second-order valence-corrected chi connectivity index (χ2v) is 6.64. The molecule has 0 amide bonds.